The molecule has 2 unspecified atom stereocenters. The van der Waals surface area contributed by atoms with Gasteiger partial charge >= 0.3 is 0 Å². The molecule has 0 radical (unpaired) electrons. The fourth-order valence-electron chi connectivity index (χ4n) is 2.36. The van der Waals surface area contributed by atoms with E-state index in [9.17, 15) is 5.26 Å². The van der Waals surface area contributed by atoms with Gasteiger partial charge in [-0.2, -0.15) is 10.5 Å². The van der Waals surface area contributed by atoms with Gasteiger partial charge in [-0.25, -0.2) is 0 Å². The lowest BCUT2D eigenvalue weighted by Gasteiger charge is -2.21. The molecule has 0 amide bonds. The van der Waals surface area contributed by atoms with Gasteiger partial charge in [0.05, 0.1) is 18.1 Å². The smallest absolute Gasteiger partial charge is 0.0805 e. The van der Waals surface area contributed by atoms with Crippen LogP contribution in [0.3, 0.4) is 0 Å². The molecule has 0 aliphatic carbocycles. The molecule has 2 atom stereocenters. The zero-order valence-corrected chi connectivity index (χ0v) is 12.6. The van der Waals surface area contributed by atoms with Gasteiger partial charge in [0.15, 0.2) is 0 Å². The maximum Gasteiger partial charge on any atom is 0.0805 e. The summed E-state index contributed by atoms with van der Waals surface area (Å²) in [6.07, 6.45) is 0.241. The lowest BCUT2D eigenvalue weighted by atomic mass is 9.80. The van der Waals surface area contributed by atoms with Crippen molar-refractivity contribution in [2.75, 3.05) is 0 Å². The van der Waals surface area contributed by atoms with E-state index in [1.54, 1.807) is 18.2 Å². The summed E-state index contributed by atoms with van der Waals surface area (Å²) >= 11 is 12.2. The van der Waals surface area contributed by atoms with Gasteiger partial charge in [-0.05, 0) is 29.3 Å². The molecule has 0 aliphatic rings. The third-order valence-corrected chi connectivity index (χ3v) is 3.95. The Balaban J connectivity index is 2.49. The highest BCUT2D eigenvalue weighted by molar-refractivity contribution is 6.33. The highest BCUT2D eigenvalue weighted by Gasteiger charge is 2.26. The monoisotopic (exact) mass is 314 g/mol. The minimum Gasteiger partial charge on any atom is -0.198 e. The van der Waals surface area contributed by atoms with Gasteiger partial charge in [0.1, 0.15) is 0 Å². The van der Waals surface area contributed by atoms with E-state index in [2.05, 4.69) is 12.1 Å². The van der Waals surface area contributed by atoms with Gasteiger partial charge in [0.2, 0.25) is 0 Å². The lowest BCUT2D eigenvalue weighted by molar-refractivity contribution is 0.641. The Labute approximate surface area is 134 Å². The molecule has 0 heterocycles. The van der Waals surface area contributed by atoms with Gasteiger partial charge < -0.3 is 0 Å². The fourth-order valence-corrected chi connectivity index (χ4v) is 2.77. The largest absolute Gasteiger partial charge is 0.198 e. The van der Waals surface area contributed by atoms with Crippen LogP contribution in [0.1, 0.15) is 29.4 Å². The number of hydrogen-bond donors (Lipinski definition) is 0. The Hall–Kier alpha value is -2.00. The number of halogens is 2. The molecule has 0 aliphatic heterocycles. The quantitative estimate of drug-likeness (QED) is 0.769. The van der Waals surface area contributed by atoms with E-state index in [4.69, 9.17) is 28.5 Å². The minimum absolute atomic E-state index is 0.239. The summed E-state index contributed by atoms with van der Waals surface area (Å²) in [4.78, 5) is 0. The molecular weight excluding hydrogens is 303 g/mol. The molecule has 0 spiro atoms. The van der Waals surface area contributed by atoms with Crippen LogP contribution in [0.4, 0.5) is 0 Å². The van der Waals surface area contributed by atoms with Crippen LogP contribution in [-0.2, 0) is 0 Å². The second-order valence-electron chi connectivity index (χ2n) is 4.65. The van der Waals surface area contributed by atoms with Crippen LogP contribution in [0.5, 0.6) is 0 Å². The van der Waals surface area contributed by atoms with Crippen molar-refractivity contribution in [2.24, 2.45) is 0 Å². The summed E-state index contributed by atoms with van der Waals surface area (Å²) in [7, 11) is 0. The molecule has 2 aromatic rings. The van der Waals surface area contributed by atoms with E-state index in [0.29, 0.717) is 15.6 Å². The molecular formula is C17H12Cl2N2. The Kier molecular flexibility index (Phi) is 5.23. The zero-order chi connectivity index (χ0) is 15.2. The van der Waals surface area contributed by atoms with Gasteiger partial charge in [-0.1, -0.05) is 53.5 Å². The Morgan fingerprint density at radius 2 is 1.71 bits per heavy atom. The van der Waals surface area contributed by atoms with Crippen molar-refractivity contribution in [2.45, 2.75) is 18.3 Å². The standard InChI is InChI=1S/C17H12Cl2N2/c18-13-6-7-17(19)15(10-13)16(11-21)14(8-9-20)12-4-2-1-3-5-12/h1-7,10,14,16H,8H2. The summed E-state index contributed by atoms with van der Waals surface area (Å²) < 4.78 is 0. The molecule has 2 rings (SSSR count). The van der Waals surface area contributed by atoms with Gasteiger partial charge in [0, 0.05) is 22.4 Å². The molecule has 104 valence electrons. The van der Waals surface area contributed by atoms with Crippen LogP contribution in [0.25, 0.3) is 0 Å². The average molecular weight is 315 g/mol. The topological polar surface area (TPSA) is 47.6 Å². The van der Waals surface area contributed by atoms with Crippen LogP contribution in [0.15, 0.2) is 48.5 Å². The highest BCUT2D eigenvalue weighted by atomic mass is 35.5. The SMILES string of the molecule is N#CCC(c1ccccc1)C(C#N)c1cc(Cl)ccc1Cl. The van der Waals surface area contributed by atoms with E-state index in [0.717, 1.165) is 5.56 Å². The predicted octanol–water partition coefficient (Wildman–Crippen LogP) is 5.30. The highest BCUT2D eigenvalue weighted by Crippen LogP contribution is 2.39. The first kappa shape index (κ1) is 15.4. The second-order valence-corrected chi connectivity index (χ2v) is 5.50. The van der Waals surface area contributed by atoms with E-state index in [-0.39, 0.29) is 12.3 Å². The summed E-state index contributed by atoms with van der Waals surface area (Å²) in [6.45, 7) is 0. The van der Waals surface area contributed by atoms with Crippen LogP contribution < -0.4 is 0 Å². The molecule has 0 bridgehead atoms. The molecule has 2 aromatic carbocycles. The number of rotatable bonds is 4. The lowest BCUT2D eigenvalue weighted by Crippen LogP contribution is -2.10. The number of nitrogens with zero attached hydrogens (tertiary/aromatic N) is 2. The Bertz CT molecular complexity index is 699. The minimum atomic E-state index is -0.516. The molecule has 0 fully saturated rings. The van der Waals surface area contributed by atoms with Crippen molar-refractivity contribution in [1.82, 2.24) is 0 Å². The van der Waals surface area contributed by atoms with Crippen LogP contribution >= 0.6 is 23.2 Å². The van der Waals surface area contributed by atoms with Gasteiger partial charge in [0.25, 0.3) is 0 Å². The van der Waals surface area contributed by atoms with Gasteiger partial charge in [-0.3, -0.25) is 0 Å². The first-order valence-electron chi connectivity index (χ1n) is 6.44. The summed E-state index contributed by atoms with van der Waals surface area (Å²) in [5.74, 6) is -0.754. The van der Waals surface area contributed by atoms with Crippen molar-refractivity contribution >= 4 is 23.2 Å². The first-order chi connectivity index (χ1) is 10.2. The second kappa shape index (κ2) is 7.14. The Morgan fingerprint density at radius 3 is 2.33 bits per heavy atom. The number of hydrogen-bond acceptors (Lipinski definition) is 2. The molecule has 0 saturated heterocycles. The fraction of sp³-hybridized carbons (Fsp3) is 0.176. The zero-order valence-electron chi connectivity index (χ0n) is 11.1. The summed E-state index contributed by atoms with van der Waals surface area (Å²) in [5, 5.41) is 19.7. The molecule has 4 heteroatoms. The third-order valence-electron chi connectivity index (χ3n) is 3.37. The van der Waals surface area contributed by atoms with E-state index in [1.807, 2.05) is 30.3 Å². The van der Waals surface area contributed by atoms with Crippen LogP contribution in [-0.4, -0.2) is 0 Å². The first-order valence-corrected chi connectivity index (χ1v) is 7.19. The number of nitriles is 2. The summed E-state index contributed by atoms with van der Waals surface area (Å²) in [5.41, 5.74) is 1.61. The molecule has 0 saturated carbocycles. The van der Waals surface area contributed by atoms with Crippen molar-refractivity contribution in [3.8, 4) is 12.1 Å². The average Bonchev–Trinajstić information content (AvgIpc) is 2.51. The van der Waals surface area contributed by atoms with E-state index >= 15 is 0 Å². The molecule has 0 N–H and O–H groups in total. The Morgan fingerprint density at radius 1 is 1.00 bits per heavy atom. The number of benzene rings is 2. The van der Waals surface area contributed by atoms with Crippen molar-refractivity contribution in [3.05, 3.63) is 69.7 Å². The normalized spacial score (nSPS) is 13.0. The molecule has 21 heavy (non-hydrogen) atoms. The maximum atomic E-state index is 9.59. The van der Waals surface area contributed by atoms with Gasteiger partial charge in [-0.15, -0.1) is 0 Å². The van der Waals surface area contributed by atoms with E-state index < -0.39 is 5.92 Å². The molecule has 2 nitrogen and oxygen atoms in total. The summed E-state index contributed by atoms with van der Waals surface area (Å²) in [6, 6.07) is 19.0. The maximum absolute atomic E-state index is 9.59. The van der Waals surface area contributed by atoms with Crippen molar-refractivity contribution < 1.29 is 0 Å². The third kappa shape index (κ3) is 3.56. The van der Waals surface area contributed by atoms with Crippen molar-refractivity contribution in [1.29, 1.82) is 10.5 Å². The van der Waals surface area contributed by atoms with Crippen LogP contribution in [0, 0.1) is 22.7 Å². The predicted molar refractivity (Wildman–Crippen MR) is 84.2 cm³/mol. The van der Waals surface area contributed by atoms with Crippen LogP contribution in [0.2, 0.25) is 10.0 Å². The van der Waals surface area contributed by atoms with Crippen molar-refractivity contribution in [3.63, 3.8) is 0 Å². The molecule has 0 aromatic heterocycles. The van der Waals surface area contributed by atoms with E-state index in [1.165, 1.54) is 0 Å².